The lowest BCUT2D eigenvalue weighted by atomic mass is 10.1. The Balaban J connectivity index is 1.34. The van der Waals surface area contributed by atoms with Crippen LogP contribution < -0.4 is 14.8 Å². The lowest BCUT2D eigenvalue weighted by molar-refractivity contribution is -0.113. The number of carbonyl (C=O) groups excluding carboxylic acids is 1. The topological polar surface area (TPSA) is 86.2 Å². The highest BCUT2D eigenvalue weighted by atomic mass is 32.2. The summed E-state index contributed by atoms with van der Waals surface area (Å²) in [5.74, 6) is 1.35. The number of ether oxygens (including phenoxy) is 2. The highest BCUT2D eigenvalue weighted by Gasteiger charge is 2.18. The normalized spacial score (nSPS) is 12.3. The van der Waals surface area contributed by atoms with Gasteiger partial charge in [-0.2, -0.15) is 0 Å². The third-order valence-electron chi connectivity index (χ3n) is 4.44. The Kier molecular flexibility index (Phi) is 4.97. The molecule has 0 fully saturated rings. The van der Waals surface area contributed by atoms with Crippen molar-refractivity contribution >= 4 is 44.9 Å². The van der Waals surface area contributed by atoms with Crippen molar-refractivity contribution in [3.8, 4) is 22.8 Å². The zero-order valence-electron chi connectivity index (χ0n) is 15.9. The predicted molar refractivity (Wildman–Crippen MR) is 117 cm³/mol. The number of anilines is 1. The monoisotopic (exact) mass is 436 g/mol. The second-order valence-electron chi connectivity index (χ2n) is 6.54. The molecule has 1 aliphatic heterocycles. The number of rotatable bonds is 5. The van der Waals surface area contributed by atoms with E-state index in [1.165, 1.54) is 11.8 Å². The summed E-state index contributed by atoms with van der Waals surface area (Å²) in [6.07, 6.45) is 0. The summed E-state index contributed by atoms with van der Waals surface area (Å²) in [5, 5.41) is 13.2. The van der Waals surface area contributed by atoms with Crippen molar-refractivity contribution in [3.63, 3.8) is 0 Å². The first kappa shape index (κ1) is 18.8. The molecule has 150 valence electrons. The van der Waals surface area contributed by atoms with E-state index < -0.39 is 0 Å². The maximum atomic E-state index is 12.4. The van der Waals surface area contributed by atoms with Gasteiger partial charge >= 0.3 is 0 Å². The van der Waals surface area contributed by atoms with Gasteiger partial charge in [0, 0.05) is 17.3 Å². The zero-order valence-corrected chi connectivity index (χ0v) is 17.5. The van der Waals surface area contributed by atoms with E-state index >= 15 is 0 Å². The third-order valence-corrected chi connectivity index (χ3v) is 6.37. The molecule has 5 rings (SSSR count). The molecule has 1 N–H and O–H groups in total. The minimum Gasteiger partial charge on any atom is -0.454 e. The van der Waals surface area contributed by atoms with Gasteiger partial charge in [-0.05, 0) is 19.1 Å². The molecule has 0 bridgehead atoms. The van der Waals surface area contributed by atoms with E-state index in [-0.39, 0.29) is 18.5 Å². The van der Waals surface area contributed by atoms with Crippen molar-refractivity contribution in [1.82, 2.24) is 15.2 Å². The van der Waals surface area contributed by atoms with Gasteiger partial charge in [-0.1, -0.05) is 42.1 Å². The molecule has 7 nitrogen and oxygen atoms in total. The third kappa shape index (κ3) is 3.69. The molecule has 1 amide bonds. The molecule has 0 saturated carbocycles. The first-order chi connectivity index (χ1) is 14.7. The molecule has 0 spiro atoms. The van der Waals surface area contributed by atoms with Crippen LogP contribution in [0.3, 0.4) is 0 Å². The Bertz CT molecular complexity index is 1240. The Hall–Kier alpha value is -3.17. The molecule has 30 heavy (non-hydrogen) atoms. The Morgan fingerprint density at radius 1 is 1.13 bits per heavy atom. The van der Waals surface area contributed by atoms with Gasteiger partial charge < -0.3 is 14.8 Å². The predicted octanol–water partition coefficient (Wildman–Crippen LogP) is 4.52. The van der Waals surface area contributed by atoms with Crippen LogP contribution in [0.1, 0.15) is 5.01 Å². The highest BCUT2D eigenvalue weighted by Crippen LogP contribution is 2.36. The number of thiazole rings is 1. The lowest BCUT2D eigenvalue weighted by Gasteiger charge is -2.07. The van der Waals surface area contributed by atoms with Crippen LogP contribution in [0.4, 0.5) is 5.69 Å². The van der Waals surface area contributed by atoms with Crippen LogP contribution in [0.15, 0.2) is 53.6 Å². The molecule has 9 heteroatoms. The molecule has 0 atom stereocenters. The Morgan fingerprint density at radius 3 is 2.83 bits per heavy atom. The Morgan fingerprint density at radius 2 is 1.97 bits per heavy atom. The number of nitrogens with one attached hydrogen (secondary N) is 1. The van der Waals surface area contributed by atoms with Crippen LogP contribution in [0.25, 0.3) is 21.5 Å². The Labute approximate surface area is 180 Å². The number of benzene rings is 2. The number of amides is 1. The minimum absolute atomic E-state index is 0.145. The maximum absolute atomic E-state index is 12.4. The second kappa shape index (κ2) is 7.92. The van der Waals surface area contributed by atoms with Crippen LogP contribution in [0, 0.1) is 6.92 Å². The largest absolute Gasteiger partial charge is 0.454 e. The quantitative estimate of drug-likeness (QED) is 0.460. The second-order valence-corrected chi connectivity index (χ2v) is 8.70. The van der Waals surface area contributed by atoms with Crippen molar-refractivity contribution in [3.05, 3.63) is 53.5 Å². The van der Waals surface area contributed by atoms with Gasteiger partial charge in [0.15, 0.2) is 11.5 Å². The van der Waals surface area contributed by atoms with E-state index in [9.17, 15) is 4.79 Å². The smallest absolute Gasteiger partial charge is 0.234 e. The SMILES string of the molecule is Cc1nc2c(SCC(=O)Nc3ccc4c(c3)OCO4)nnc(-c3ccccc3)c2s1. The number of aryl methyl sites for hydroxylation is 1. The summed E-state index contributed by atoms with van der Waals surface area (Å²) < 4.78 is 11.6. The van der Waals surface area contributed by atoms with Gasteiger partial charge in [0.05, 0.1) is 15.5 Å². The van der Waals surface area contributed by atoms with Crippen LogP contribution in [-0.4, -0.2) is 33.6 Å². The molecule has 3 heterocycles. The van der Waals surface area contributed by atoms with Gasteiger partial charge in [0.25, 0.3) is 0 Å². The first-order valence-corrected chi connectivity index (χ1v) is 11.0. The van der Waals surface area contributed by atoms with Crippen LogP contribution in [-0.2, 0) is 4.79 Å². The number of aromatic nitrogens is 3. The van der Waals surface area contributed by atoms with Crippen molar-refractivity contribution in [2.75, 3.05) is 17.9 Å². The van der Waals surface area contributed by atoms with E-state index in [1.54, 1.807) is 29.5 Å². The summed E-state index contributed by atoms with van der Waals surface area (Å²) in [6.45, 7) is 2.16. The van der Waals surface area contributed by atoms with Crippen LogP contribution in [0.5, 0.6) is 11.5 Å². The number of thioether (sulfide) groups is 1. The van der Waals surface area contributed by atoms with Gasteiger partial charge in [-0.25, -0.2) is 4.98 Å². The number of hydrogen-bond donors (Lipinski definition) is 1. The van der Waals surface area contributed by atoms with E-state index in [4.69, 9.17) is 9.47 Å². The van der Waals surface area contributed by atoms with Crippen LogP contribution in [0.2, 0.25) is 0 Å². The van der Waals surface area contributed by atoms with Gasteiger partial charge in [0.2, 0.25) is 12.7 Å². The molecule has 0 saturated heterocycles. The lowest BCUT2D eigenvalue weighted by Crippen LogP contribution is -2.14. The van der Waals surface area contributed by atoms with Crippen molar-refractivity contribution in [1.29, 1.82) is 0 Å². The number of nitrogens with zero attached hydrogens (tertiary/aromatic N) is 3. The summed E-state index contributed by atoms with van der Waals surface area (Å²) in [5.41, 5.74) is 3.25. The van der Waals surface area contributed by atoms with Gasteiger partial charge in [-0.15, -0.1) is 21.5 Å². The average molecular weight is 437 g/mol. The van der Waals surface area contributed by atoms with Gasteiger partial charge in [0.1, 0.15) is 16.2 Å². The zero-order chi connectivity index (χ0) is 20.5. The van der Waals surface area contributed by atoms with E-state index in [0.29, 0.717) is 22.2 Å². The highest BCUT2D eigenvalue weighted by molar-refractivity contribution is 8.00. The minimum atomic E-state index is -0.145. The maximum Gasteiger partial charge on any atom is 0.234 e. The van der Waals surface area contributed by atoms with Crippen molar-refractivity contribution in [2.45, 2.75) is 11.9 Å². The van der Waals surface area contributed by atoms with E-state index in [1.807, 2.05) is 37.3 Å². The fraction of sp³-hybridized carbons (Fsp3) is 0.143. The molecule has 4 aromatic rings. The summed E-state index contributed by atoms with van der Waals surface area (Å²) in [4.78, 5) is 17.1. The molecule has 1 aliphatic rings. The average Bonchev–Trinajstić information content (AvgIpc) is 3.38. The summed E-state index contributed by atoms with van der Waals surface area (Å²) in [7, 11) is 0. The molecule has 0 radical (unpaired) electrons. The first-order valence-electron chi connectivity index (χ1n) is 9.19. The fourth-order valence-corrected chi connectivity index (χ4v) is 4.82. The molecule has 0 aliphatic carbocycles. The van der Waals surface area contributed by atoms with E-state index in [2.05, 4.69) is 20.5 Å². The van der Waals surface area contributed by atoms with Gasteiger partial charge in [-0.3, -0.25) is 4.79 Å². The molecule has 0 unspecified atom stereocenters. The number of carbonyl (C=O) groups is 1. The molecular formula is C21H16N4O3S2. The molecule has 2 aromatic carbocycles. The fourth-order valence-electron chi connectivity index (χ4n) is 3.11. The summed E-state index contributed by atoms with van der Waals surface area (Å²) in [6, 6.07) is 15.2. The van der Waals surface area contributed by atoms with Crippen molar-refractivity contribution < 1.29 is 14.3 Å². The molecule has 2 aromatic heterocycles. The standard InChI is InChI=1S/C21H16N4O3S2/c1-12-22-19-20(30-12)18(13-5-3-2-4-6-13)24-25-21(19)29-10-17(26)23-14-7-8-15-16(9-14)28-11-27-15/h2-9H,10-11H2,1H3,(H,23,26). The van der Waals surface area contributed by atoms with Crippen molar-refractivity contribution in [2.24, 2.45) is 0 Å². The number of fused-ring (bicyclic) bond motifs is 2. The number of hydrogen-bond acceptors (Lipinski definition) is 8. The summed E-state index contributed by atoms with van der Waals surface area (Å²) >= 11 is 2.91. The van der Waals surface area contributed by atoms with Crippen LogP contribution >= 0.6 is 23.1 Å². The molecular weight excluding hydrogens is 420 g/mol. The van der Waals surface area contributed by atoms with E-state index in [0.717, 1.165) is 26.5 Å².